The highest BCUT2D eigenvalue weighted by Crippen LogP contribution is 2.24. The Hall–Kier alpha value is -0.350. The smallest absolute Gasteiger partial charge is 0.124 e. The van der Waals surface area contributed by atoms with Crippen LogP contribution < -0.4 is 5.73 Å². The van der Waals surface area contributed by atoms with Gasteiger partial charge in [-0.3, -0.25) is 0 Å². The van der Waals surface area contributed by atoms with Crippen LogP contribution in [-0.2, 0) is 0 Å². The van der Waals surface area contributed by atoms with E-state index in [1.807, 2.05) is 0 Å². The van der Waals surface area contributed by atoms with Crippen LogP contribution in [0, 0.1) is 5.82 Å². The van der Waals surface area contributed by atoms with Gasteiger partial charge in [0.25, 0.3) is 0 Å². The van der Waals surface area contributed by atoms with E-state index in [1.165, 1.54) is 18.2 Å². The molecule has 0 saturated heterocycles. The van der Waals surface area contributed by atoms with Crippen molar-refractivity contribution in [3.8, 4) is 0 Å². The standard InChI is InChI=1S/C9H11ClFNO.ClH/c1-5(13)9(12)7-3-2-6(11)4-8(7)10;/h2-5,9,13H,12H2,1H3;1H/t5-,9-;/m1./s1. The Balaban J connectivity index is 0.00000169. The minimum atomic E-state index is -0.706. The van der Waals surface area contributed by atoms with Crippen LogP contribution in [0.25, 0.3) is 0 Å². The predicted molar refractivity (Wildman–Crippen MR) is 57.3 cm³/mol. The van der Waals surface area contributed by atoms with Gasteiger partial charge in [0.1, 0.15) is 5.82 Å². The average molecular weight is 240 g/mol. The topological polar surface area (TPSA) is 46.2 Å². The fourth-order valence-corrected chi connectivity index (χ4v) is 1.32. The number of hydrogen-bond acceptors (Lipinski definition) is 2. The molecule has 1 rings (SSSR count). The molecule has 2 nitrogen and oxygen atoms in total. The van der Waals surface area contributed by atoms with Crippen molar-refractivity contribution in [3.63, 3.8) is 0 Å². The third-order valence-electron chi connectivity index (χ3n) is 1.84. The van der Waals surface area contributed by atoms with E-state index in [0.717, 1.165) is 0 Å². The first-order chi connectivity index (χ1) is 6.02. The summed E-state index contributed by atoms with van der Waals surface area (Å²) in [7, 11) is 0. The molecule has 0 spiro atoms. The molecule has 0 amide bonds. The van der Waals surface area contributed by atoms with Crippen molar-refractivity contribution < 1.29 is 9.50 Å². The first-order valence-corrected chi connectivity index (χ1v) is 4.28. The summed E-state index contributed by atoms with van der Waals surface area (Å²) in [5.74, 6) is -0.411. The Morgan fingerprint density at radius 2 is 2.07 bits per heavy atom. The van der Waals surface area contributed by atoms with Crippen LogP contribution in [0.5, 0.6) is 0 Å². The van der Waals surface area contributed by atoms with Crippen LogP contribution in [0.1, 0.15) is 18.5 Å². The number of halogens is 3. The Bertz CT molecular complexity index is 307. The summed E-state index contributed by atoms with van der Waals surface area (Å²) in [4.78, 5) is 0. The summed E-state index contributed by atoms with van der Waals surface area (Å²) in [6.07, 6.45) is -0.706. The molecule has 0 aliphatic heterocycles. The van der Waals surface area contributed by atoms with Crippen molar-refractivity contribution in [1.29, 1.82) is 0 Å². The molecule has 0 aromatic heterocycles. The van der Waals surface area contributed by atoms with Crippen LogP contribution in [0.3, 0.4) is 0 Å². The van der Waals surface area contributed by atoms with E-state index in [2.05, 4.69) is 0 Å². The van der Waals surface area contributed by atoms with E-state index in [1.54, 1.807) is 6.92 Å². The summed E-state index contributed by atoms with van der Waals surface area (Å²) in [6, 6.07) is 3.35. The SMILES string of the molecule is C[C@@H](O)[C@@H](N)c1ccc(F)cc1Cl.Cl. The van der Waals surface area contributed by atoms with Crippen molar-refractivity contribution in [2.75, 3.05) is 0 Å². The van der Waals surface area contributed by atoms with E-state index in [-0.39, 0.29) is 17.4 Å². The first-order valence-electron chi connectivity index (χ1n) is 3.91. The number of hydrogen-bond donors (Lipinski definition) is 2. The van der Waals surface area contributed by atoms with E-state index in [9.17, 15) is 9.50 Å². The van der Waals surface area contributed by atoms with Crippen LogP contribution in [-0.4, -0.2) is 11.2 Å². The van der Waals surface area contributed by atoms with Crippen LogP contribution in [0.2, 0.25) is 5.02 Å². The molecule has 0 fully saturated rings. The van der Waals surface area contributed by atoms with Gasteiger partial charge in [0.15, 0.2) is 0 Å². The summed E-state index contributed by atoms with van der Waals surface area (Å²) in [6.45, 7) is 1.56. The number of aliphatic hydroxyl groups is 1. The largest absolute Gasteiger partial charge is 0.391 e. The highest BCUT2D eigenvalue weighted by atomic mass is 35.5. The van der Waals surface area contributed by atoms with Crippen molar-refractivity contribution in [3.05, 3.63) is 34.6 Å². The molecule has 2 atom stereocenters. The second-order valence-electron chi connectivity index (χ2n) is 2.93. The van der Waals surface area contributed by atoms with Gasteiger partial charge in [0.05, 0.1) is 12.1 Å². The Kier molecular flexibility index (Phi) is 5.37. The number of aliphatic hydroxyl groups excluding tert-OH is 1. The molecule has 1 aromatic rings. The summed E-state index contributed by atoms with van der Waals surface area (Å²) in [5, 5.41) is 9.43. The zero-order chi connectivity index (χ0) is 10.0. The third-order valence-corrected chi connectivity index (χ3v) is 2.17. The lowest BCUT2D eigenvalue weighted by atomic mass is 10.0. The van der Waals surface area contributed by atoms with Gasteiger partial charge in [0.2, 0.25) is 0 Å². The van der Waals surface area contributed by atoms with Crippen LogP contribution >= 0.6 is 24.0 Å². The molecule has 0 unspecified atom stereocenters. The Morgan fingerprint density at radius 1 is 1.50 bits per heavy atom. The quantitative estimate of drug-likeness (QED) is 0.832. The molecule has 14 heavy (non-hydrogen) atoms. The third kappa shape index (κ3) is 3.10. The molecule has 5 heteroatoms. The Morgan fingerprint density at radius 3 is 2.50 bits per heavy atom. The lowest BCUT2D eigenvalue weighted by Gasteiger charge is -2.16. The van der Waals surface area contributed by atoms with Crippen molar-refractivity contribution in [2.45, 2.75) is 19.1 Å². The van der Waals surface area contributed by atoms with E-state index in [0.29, 0.717) is 5.56 Å². The summed E-state index contributed by atoms with van der Waals surface area (Å²) in [5.41, 5.74) is 6.19. The highest BCUT2D eigenvalue weighted by Gasteiger charge is 2.15. The van der Waals surface area contributed by atoms with Crippen LogP contribution in [0.15, 0.2) is 18.2 Å². The highest BCUT2D eigenvalue weighted by molar-refractivity contribution is 6.31. The van der Waals surface area contributed by atoms with Gasteiger partial charge in [-0.2, -0.15) is 0 Å². The molecule has 3 N–H and O–H groups in total. The minimum Gasteiger partial charge on any atom is -0.391 e. The van der Waals surface area contributed by atoms with E-state index < -0.39 is 18.0 Å². The fraction of sp³-hybridized carbons (Fsp3) is 0.333. The molecule has 0 aliphatic carbocycles. The number of nitrogens with two attached hydrogens (primary N) is 1. The number of rotatable bonds is 2. The maximum Gasteiger partial charge on any atom is 0.124 e. The lowest BCUT2D eigenvalue weighted by molar-refractivity contribution is 0.164. The molecule has 80 valence electrons. The molecule has 0 radical (unpaired) electrons. The molecule has 0 saturated carbocycles. The first kappa shape index (κ1) is 13.7. The molecule has 0 heterocycles. The number of benzene rings is 1. The monoisotopic (exact) mass is 239 g/mol. The molecule has 0 bridgehead atoms. The lowest BCUT2D eigenvalue weighted by Crippen LogP contribution is -2.23. The minimum absolute atomic E-state index is 0. The van der Waals surface area contributed by atoms with Crippen LogP contribution in [0.4, 0.5) is 4.39 Å². The van der Waals surface area contributed by atoms with Gasteiger partial charge in [0, 0.05) is 5.02 Å². The van der Waals surface area contributed by atoms with Crippen molar-refractivity contribution in [1.82, 2.24) is 0 Å². The summed E-state index contributed by atoms with van der Waals surface area (Å²) < 4.78 is 12.6. The van der Waals surface area contributed by atoms with E-state index in [4.69, 9.17) is 17.3 Å². The van der Waals surface area contributed by atoms with Crippen molar-refractivity contribution >= 4 is 24.0 Å². The van der Waals surface area contributed by atoms with Gasteiger partial charge >= 0.3 is 0 Å². The summed E-state index contributed by atoms with van der Waals surface area (Å²) >= 11 is 5.74. The Labute approximate surface area is 93.3 Å². The zero-order valence-electron chi connectivity index (χ0n) is 7.58. The second kappa shape index (κ2) is 5.51. The fourth-order valence-electron chi connectivity index (χ4n) is 1.03. The zero-order valence-corrected chi connectivity index (χ0v) is 9.15. The average Bonchev–Trinajstić information content (AvgIpc) is 2.03. The second-order valence-corrected chi connectivity index (χ2v) is 3.34. The van der Waals surface area contributed by atoms with Crippen molar-refractivity contribution in [2.24, 2.45) is 5.73 Å². The van der Waals surface area contributed by atoms with Gasteiger partial charge in [-0.05, 0) is 24.6 Å². The molecular formula is C9H12Cl2FNO. The van der Waals surface area contributed by atoms with Gasteiger partial charge < -0.3 is 10.8 Å². The van der Waals surface area contributed by atoms with E-state index >= 15 is 0 Å². The normalized spacial score (nSPS) is 14.4. The van der Waals surface area contributed by atoms with Gasteiger partial charge in [-0.1, -0.05) is 17.7 Å². The van der Waals surface area contributed by atoms with Gasteiger partial charge in [-0.15, -0.1) is 12.4 Å². The maximum atomic E-state index is 12.6. The molecule has 0 aliphatic rings. The van der Waals surface area contributed by atoms with Gasteiger partial charge in [-0.25, -0.2) is 4.39 Å². The molecule has 1 aromatic carbocycles. The predicted octanol–water partition coefficient (Wildman–Crippen LogP) is 2.28. The maximum absolute atomic E-state index is 12.6. The molecular weight excluding hydrogens is 228 g/mol.